The molecule has 2 heterocycles. The molecule has 0 N–H and O–H groups in total. The molecule has 2 heteroatoms. The van der Waals surface area contributed by atoms with E-state index in [2.05, 4.69) is 75.4 Å². The Morgan fingerprint density at radius 1 is 0.840 bits per heavy atom. The highest BCUT2D eigenvalue weighted by molar-refractivity contribution is 7.99. The van der Waals surface area contributed by atoms with E-state index >= 15 is 0 Å². The van der Waals surface area contributed by atoms with E-state index in [1.165, 1.54) is 42.5 Å². The predicted octanol–water partition coefficient (Wildman–Crippen LogP) is 6.82. The molecule has 0 amide bonds. The van der Waals surface area contributed by atoms with Crippen molar-refractivity contribution in [1.82, 2.24) is 4.98 Å². The highest BCUT2D eigenvalue weighted by Gasteiger charge is 2.25. The van der Waals surface area contributed by atoms with E-state index < -0.39 is 0 Å². The van der Waals surface area contributed by atoms with Crippen molar-refractivity contribution < 1.29 is 0 Å². The van der Waals surface area contributed by atoms with Crippen LogP contribution in [0.5, 0.6) is 0 Å². The van der Waals surface area contributed by atoms with Crippen molar-refractivity contribution in [3.05, 3.63) is 66.4 Å². The van der Waals surface area contributed by atoms with Crippen molar-refractivity contribution in [2.75, 3.05) is 0 Å². The van der Waals surface area contributed by atoms with Gasteiger partial charge in [-0.15, -0.1) is 0 Å². The third kappa shape index (κ3) is 2.21. The number of fused-ring (bicyclic) bond motifs is 3. The summed E-state index contributed by atoms with van der Waals surface area (Å²) in [5.41, 5.74) is 3.89. The summed E-state index contributed by atoms with van der Waals surface area (Å²) in [5, 5.41) is 5.20. The smallest absolute Gasteiger partial charge is 0.0803 e. The standard InChI is InChI=1S/C23H19NS/c1-23(2,3)18-8-9-19-21-16(18)10-11-24-22(21)17-12-14-6-4-5-7-15(14)13-20(17)25-19/h4-13H,1-3H3. The van der Waals surface area contributed by atoms with E-state index in [4.69, 9.17) is 4.98 Å². The average molecular weight is 341 g/mol. The number of hydrogen-bond donors (Lipinski definition) is 0. The van der Waals surface area contributed by atoms with Gasteiger partial charge >= 0.3 is 0 Å². The van der Waals surface area contributed by atoms with Crippen molar-refractivity contribution in [2.24, 2.45) is 0 Å². The predicted molar refractivity (Wildman–Crippen MR) is 108 cm³/mol. The minimum atomic E-state index is 0.117. The second-order valence-electron chi connectivity index (χ2n) is 7.74. The van der Waals surface area contributed by atoms with Crippen LogP contribution in [0.2, 0.25) is 0 Å². The van der Waals surface area contributed by atoms with Crippen LogP contribution in [0.1, 0.15) is 26.3 Å². The molecular formula is C23H19NS. The number of rotatable bonds is 0. The van der Waals surface area contributed by atoms with Gasteiger partial charge in [-0.1, -0.05) is 62.9 Å². The van der Waals surface area contributed by atoms with Crippen LogP contribution < -0.4 is 0 Å². The Labute approximate surface area is 152 Å². The summed E-state index contributed by atoms with van der Waals surface area (Å²) in [7, 11) is 0. The molecule has 0 radical (unpaired) electrons. The third-order valence-electron chi connectivity index (χ3n) is 5.02. The summed E-state index contributed by atoms with van der Waals surface area (Å²) < 4.78 is 0. The molecule has 0 unspecified atom stereocenters. The fourth-order valence-corrected chi connectivity index (χ4v) is 4.95. The lowest BCUT2D eigenvalue weighted by atomic mass is 9.83. The van der Waals surface area contributed by atoms with E-state index in [1.54, 1.807) is 0 Å². The monoisotopic (exact) mass is 341 g/mol. The number of hydrogen-bond acceptors (Lipinski definition) is 2. The number of benzene rings is 3. The molecule has 25 heavy (non-hydrogen) atoms. The molecule has 5 rings (SSSR count). The summed E-state index contributed by atoms with van der Waals surface area (Å²) in [6, 6.07) is 19.9. The zero-order valence-corrected chi connectivity index (χ0v) is 15.4. The molecule has 1 aromatic heterocycles. The molecule has 0 spiro atoms. The average Bonchev–Trinajstić information content (AvgIpc) is 2.59. The molecule has 0 saturated carbocycles. The van der Waals surface area contributed by atoms with Gasteiger partial charge in [0.05, 0.1) is 5.69 Å². The van der Waals surface area contributed by atoms with Gasteiger partial charge < -0.3 is 0 Å². The number of pyridine rings is 1. The van der Waals surface area contributed by atoms with Crippen molar-refractivity contribution in [1.29, 1.82) is 0 Å². The Kier molecular flexibility index (Phi) is 3.05. The van der Waals surface area contributed by atoms with E-state index in [9.17, 15) is 0 Å². The van der Waals surface area contributed by atoms with E-state index in [0.717, 1.165) is 5.69 Å². The summed E-state index contributed by atoms with van der Waals surface area (Å²) in [6.45, 7) is 6.84. The van der Waals surface area contributed by atoms with Crippen molar-refractivity contribution in [3.63, 3.8) is 0 Å². The Morgan fingerprint density at radius 2 is 1.60 bits per heavy atom. The maximum absolute atomic E-state index is 4.80. The molecule has 0 saturated heterocycles. The fraction of sp³-hybridized carbons (Fsp3) is 0.174. The lowest BCUT2D eigenvalue weighted by Gasteiger charge is -2.26. The topological polar surface area (TPSA) is 12.9 Å². The fourth-order valence-electron chi connectivity index (χ4n) is 3.82. The first-order valence-electron chi connectivity index (χ1n) is 8.65. The molecule has 0 fully saturated rings. The molecule has 3 aromatic carbocycles. The minimum absolute atomic E-state index is 0.117. The number of nitrogens with zero attached hydrogens (tertiary/aromatic N) is 1. The molecule has 0 aliphatic carbocycles. The lowest BCUT2D eigenvalue weighted by Crippen LogP contribution is -2.12. The Balaban J connectivity index is 1.89. The van der Waals surface area contributed by atoms with Gasteiger partial charge in [0.2, 0.25) is 0 Å². The van der Waals surface area contributed by atoms with Gasteiger partial charge in [-0.2, -0.15) is 0 Å². The lowest BCUT2D eigenvalue weighted by molar-refractivity contribution is 0.595. The summed E-state index contributed by atoms with van der Waals surface area (Å²) >= 11 is 1.87. The highest BCUT2D eigenvalue weighted by atomic mass is 32.2. The van der Waals surface area contributed by atoms with Crippen molar-refractivity contribution in [2.45, 2.75) is 36.0 Å². The Hall–Kier alpha value is -2.32. The first kappa shape index (κ1) is 15.0. The van der Waals surface area contributed by atoms with Gasteiger partial charge in [0.15, 0.2) is 0 Å². The van der Waals surface area contributed by atoms with Crippen LogP contribution in [-0.2, 0) is 5.41 Å². The normalized spacial score (nSPS) is 13.2. The van der Waals surface area contributed by atoms with Gasteiger partial charge in [-0.3, -0.25) is 4.98 Å². The Bertz CT molecular complexity index is 1150. The molecule has 1 aliphatic rings. The van der Waals surface area contributed by atoms with Gasteiger partial charge in [0.1, 0.15) is 0 Å². The maximum atomic E-state index is 4.80. The maximum Gasteiger partial charge on any atom is 0.0803 e. The Morgan fingerprint density at radius 3 is 2.36 bits per heavy atom. The quantitative estimate of drug-likeness (QED) is 0.306. The molecule has 4 aromatic rings. The molecule has 1 aliphatic heterocycles. The van der Waals surface area contributed by atoms with E-state index in [0.29, 0.717) is 0 Å². The van der Waals surface area contributed by atoms with Crippen LogP contribution in [0.3, 0.4) is 0 Å². The van der Waals surface area contributed by atoms with Crippen LogP contribution in [0.15, 0.2) is 70.6 Å². The summed E-state index contributed by atoms with van der Waals surface area (Å²) in [4.78, 5) is 7.41. The van der Waals surface area contributed by atoms with Gasteiger partial charge in [-0.25, -0.2) is 0 Å². The first-order chi connectivity index (χ1) is 12.0. The zero-order valence-electron chi connectivity index (χ0n) is 14.6. The van der Waals surface area contributed by atoms with E-state index in [1.807, 2.05) is 18.0 Å². The number of aromatic nitrogens is 1. The van der Waals surface area contributed by atoms with Crippen LogP contribution >= 0.6 is 11.8 Å². The largest absolute Gasteiger partial charge is 0.256 e. The van der Waals surface area contributed by atoms with Crippen LogP contribution in [0.4, 0.5) is 0 Å². The van der Waals surface area contributed by atoms with Crippen molar-refractivity contribution in [3.8, 4) is 11.3 Å². The second kappa shape index (κ2) is 5.09. The van der Waals surface area contributed by atoms with Gasteiger partial charge in [0.25, 0.3) is 0 Å². The molecule has 1 nitrogen and oxygen atoms in total. The highest BCUT2D eigenvalue weighted by Crippen LogP contribution is 2.49. The van der Waals surface area contributed by atoms with Gasteiger partial charge in [-0.05, 0) is 51.4 Å². The molecule has 122 valence electrons. The summed E-state index contributed by atoms with van der Waals surface area (Å²) in [5.74, 6) is 0. The molecule has 0 bridgehead atoms. The second-order valence-corrected chi connectivity index (χ2v) is 8.82. The minimum Gasteiger partial charge on any atom is -0.256 e. The first-order valence-corrected chi connectivity index (χ1v) is 9.47. The van der Waals surface area contributed by atoms with Gasteiger partial charge in [0, 0.05) is 26.9 Å². The molecule has 0 atom stereocenters. The van der Waals surface area contributed by atoms with Crippen LogP contribution in [0.25, 0.3) is 32.8 Å². The van der Waals surface area contributed by atoms with Crippen LogP contribution in [-0.4, -0.2) is 4.98 Å². The zero-order chi connectivity index (χ0) is 17.2. The third-order valence-corrected chi connectivity index (χ3v) is 6.14. The molecular weight excluding hydrogens is 322 g/mol. The van der Waals surface area contributed by atoms with Crippen molar-refractivity contribution >= 4 is 33.3 Å². The van der Waals surface area contributed by atoms with Crippen LogP contribution in [0, 0.1) is 0 Å². The van der Waals surface area contributed by atoms with E-state index in [-0.39, 0.29) is 5.41 Å². The summed E-state index contributed by atoms with van der Waals surface area (Å²) in [6.07, 6.45) is 1.96. The SMILES string of the molecule is CC(C)(C)c1ccc2c3c(nccc13)-c1cc3ccccc3cc1S2.